The van der Waals surface area contributed by atoms with Crippen LogP contribution in [0.3, 0.4) is 0 Å². The van der Waals surface area contributed by atoms with Crippen LogP contribution in [-0.4, -0.2) is 11.6 Å². The van der Waals surface area contributed by atoms with Crippen LogP contribution in [0.5, 0.6) is 5.75 Å². The molecule has 0 fully saturated rings. The summed E-state index contributed by atoms with van der Waals surface area (Å²) >= 11 is 1.72. The number of aromatic nitrogens is 1. The Bertz CT molecular complexity index is 913. The van der Waals surface area contributed by atoms with Gasteiger partial charge in [0.15, 0.2) is 0 Å². The van der Waals surface area contributed by atoms with E-state index in [0.717, 1.165) is 35.0 Å². The molecule has 2 nitrogen and oxygen atoms in total. The average molecular weight is 478 g/mol. The Labute approximate surface area is 211 Å². The predicted octanol–water partition coefficient (Wildman–Crippen LogP) is 10.1. The van der Waals surface area contributed by atoms with Crippen LogP contribution in [0.2, 0.25) is 0 Å². The SMILES string of the molecule is CCCCCCCCCCc1ccc(-c2nc(-c3ccc(OCCCCCC)cc3)cs2)cc1. The van der Waals surface area contributed by atoms with E-state index in [0.29, 0.717) is 0 Å². The van der Waals surface area contributed by atoms with Crippen molar-refractivity contribution in [2.45, 2.75) is 97.3 Å². The number of hydrogen-bond donors (Lipinski definition) is 0. The van der Waals surface area contributed by atoms with Crippen LogP contribution >= 0.6 is 11.3 Å². The van der Waals surface area contributed by atoms with Crippen molar-refractivity contribution in [3.63, 3.8) is 0 Å². The van der Waals surface area contributed by atoms with Crippen LogP contribution < -0.4 is 4.74 Å². The predicted molar refractivity (Wildman–Crippen MR) is 149 cm³/mol. The minimum absolute atomic E-state index is 0.801. The summed E-state index contributed by atoms with van der Waals surface area (Å²) in [6, 6.07) is 17.4. The van der Waals surface area contributed by atoms with E-state index in [9.17, 15) is 0 Å². The Morgan fingerprint density at radius 1 is 0.647 bits per heavy atom. The lowest BCUT2D eigenvalue weighted by molar-refractivity contribution is 0.305. The van der Waals surface area contributed by atoms with Crippen LogP contribution in [0.4, 0.5) is 0 Å². The number of rotatable bonds is 17. The molecule has 3 rings (SSSR count). The molecule has 0 N–H and O–H groups in total. The van der Waals surface area contributed by atoms with Crippen molar-refractivity contribution in [1.82, 2.24) is 4.98 Å². The first-order chi connectivity index (χ1) is 16.8. The van der Waals surface area contributed by atoms with E-state index >= 15 is 0 Å². The van der Waals surface area contributed by atoms with Gasteiger partial charge in [-0.1, -0.05) is 102 Å². The summed E-state index contributed by atoms with van der Waals surface area (Å²) in [4.78, 5) is 4.90. The molecule has 3 heteroatoms. The van der Waals surface area contributed by atoms with Gasteiger partial charge in [-0.05, 0) is 49.1 Å². The highest BCUT2D eigenvalue weighted by Gasteiger charge is 2.07. The standard InChI is InChI=1S/C31H43NOS/c1-3-5-7-9-10-11-12-13-15-26-16-18-28(19-17-26)31-32-30(25-34-31)27-20-22-29(23-21-27)33-24-14-8-6-4-2/h16-23,25H,3-15,24H2,1-2H3. The molecule has 1 heterocycles. The third-order valence-electron chi connectivity index (χ3n) is 6.44. The second kappa shape index (κ2) is 15.7. The maximum Gasteiger partial charge on any atom is 0.124 e. The molecule has 0 aliphatic heterocycles. The molecule has 0 saturated heterocycles. The first-order valence-electron chi connectivity index (χ1n) is 13.6. The van der Waals surface area contributed by atoms with Gasteiger partial charge in [0.25, 0.3) is 0 Å². The normalized spacial score (nSPS) is 11.1. The van der Waals surface area contributed by atoms with Crippen LogP contribution in [0.15, 0.2) is 53.9 Å². The number of nitrogens with zero attached hydrogens (tertiary/aromatic N) is 1. The van der Waals surface area contributed by atoms with E-state index in [1.54, 1.807) is 11.3 Å². The Hall–Kier alpha value is -2.13. The van der Waals surface area contributed by atoms with Gasteiger partial charge in [-0.15, -0.1) is 11.3 Å². The van der Waals surface area contributed by atoms with Gasteiger partial charge in [-0.3, -0.25) is 0 Å². The fraction of sp³-hybridized carbons (Fsp3) is 0.516. The smallest absolute Gasteiger partial charge is 0.124 e. The Balaban J connectivity index is 1.42. The molecule has 184 valence electrons. The summed E-state index contributed by atoms with van der Waals surface area (Å²) in [5.41, 5.74) is 4.84. The summed E-state index contributed by atoms with van der Waals surface area (Å²) in [6.07, 6.45) is 17.1. The zero-order valence-electron chi connectivity index (χ0n) is 21.4. The highest BCUT2D eigenvalue weighted by Crippen LogP contribution is 2.30. The fourth-order valence-electron chi connectivity index (χ4n) is 4.26. The molecule has 0 radical (unpaired) electrons. The van der Waals surface area contributed by atoms with E-state index in [-0.39, 0.29) is 0 Å². The molecular formula is C31H43NOS. The van der Waals surface area contributed by atoms with Crippen LogP contribution in [0.1, 0.15) is 96.5 Å². The lowest BCUT2D eigenvalue weighted by Crippen LogP contribution is -1.96. The van der Waals surface area contributed by atoms with Crippen molar-refractivity contribution >= 4 is 11.3 Å². The molecule has 0 saturated carbocycles. The number of hydrogen-bond acceptors (Lipinski definition) is 3. The second-order valence-electron chi connectivity index (χ2n) is 9.39. The monoisotopic (exact) mass is 477 g/mol. The molecule has 2 aromatic carbocycles. The van der Waals surface area contributed by atoms with E-state index in [1.807, 2.05) is 0 Å². The molecular weight excluding hydrogens is 434 g/mol. The summed E-state index contributed by atoms with van der Waals surface area (Å²) < 4.78 is 5.87. The lowest BCUT2D eigenvalue weighted by atomic mass is 10.0. The van der Waals surface area contributed by atoms with Crippen molar-refractivity contribution in [2.75, 3.05) is 6.61 Å². The van der Waals surface area contributed by atoms with Gasteiger partial charge in [0.05, 0.1) is 12.3 Å². The highest BCUT2D eigenvalue weighted by atomic mass is 32.1. The molecule has 0 aliphatic rings. The molecule has 0 aliphatic carbocycles. The van der Waals surface area contributed by atoms with Gasteiger partial charge in [-0.25, -0.2) is 4.98 Å². The number of thiazole rings is 1. The third-order valence-corrected chi connectivity index (χ3v) is 7.33. The average Bonchev–Trinajstić information content (AvgIpc) is 3.37. The van der Waals surface area contributed by atoms with Gasteiger partial charge < -0.3 is 4.74 Å². The molecule has 0 bridgehead atoms. The number of unbranched alkanes of at least 4 members (excludes halogenated alkanes) is 10. The van der Waals surface area contributed by atoms with Crippen molar-refractivity contribution in [3.05, 3.63) is 59.5 Å². The van der Waals surface area contributed by atoms with Gasteiger partial charge in [0.1, 0.15) is 10.8 Å². The van der Waals surface area contributed by atoms with E-state index in [2.05, 4.69) is 67.8 Å². The highest BCUT2D eigenvalue weighted by molar-refractivity contribution is 7.13. The number of benzene rings is 2. The number of aryl methyl sites for hydroxylation is 1. The van der Waals surface area contributed by atoms with Crippen LogP contribution in [-0.2, 0) is 6.42 Å². The van der Waals surface area contributed by atoms with Crippen LogP contribution in [0, 0.1) is 0 Å². The molecule has 34 heavy (non-hydrogen) atoms. The van der Waals surface area contributed by atoms with Gasteiger partial charge in [-0.2, -0.15) is 0 Å². The second-order valence-corrected chi connectivity index (χ2v) is 10.3. The molecule has 0 amide bonds. The number of ether oxygens (including phenoxy) is 1. The van der Waals surface area contributed by atoms with Gasteiger partial charge in [0, 0.05) is 16.5 Å². The van der Waals surface area contributed by atoms with Gasteiger partial charge >= 0.3 is 0 Å². The first kappa shape index (κ1) is 26.5. The topological polar surface area (TPSA) is 22.1 Å². The minimum atomic E-state index is 0.801. The maximum atomic E-state index is 5.87. The molecule has 0 unspecified atom stereocenters. The lowest BCUT2D eigenvalue weighted by Gasteiger charge is -2.06. The summed E-state index contributed by atoms with van der Waals surface area (Å²) in [7, 11) is 0. The Morgan fingerprint density at radius 2 is 1.24 bits per heavy atom. The molecule has 0 spiro atoms. The van der Waals surface area contributed by atoms with E-state index in [1.165, 1.54) is 88.2 Å². The van der Waals surface area contributed by atoms with E-state index < -0.39 is 0 Å². The fourth-order valence-corrected chi connectivity index (χ4v) is 5.09. The third kappa shape index (κ3) is 9.25. The van der Waals surface area contributed by atoms with Crippen molar-refractivity contribution in [1.29, 1.82) is 0 Å². The first-order valence-corrected chi connectivity index (χ1v) is 14.5. The van der Waals surface area contributed by atoms with E-state index in [4.69, 9.17) is 9.72 Å². The maximum absolute atomic E-state index is 5.87. The molecule has 1 aromatic heterocycles. The molecule has 3 aromatic rings. The van der Waals surface area contributed by atoms with Crippen molar-refractivity contribution < 1.29 is 4.74 Å². The summed E-state index contributed by atoms with van der Waals surface area (Å²) in [6.45, 7) is 5.32. The quantitative estimate of drug-likeness (QED) is 0.180. The zero-order valence-corrected chi connectivity index (χ0v) is 22.2. The van der Waals surface area contributed by atoms with Crippen molar-refractivity contribution in [2.24, 2.45) is 0 Å². The zero-order chi connectivity index (χ0) is 23.8. The summed E-state index contributed by atoms with van der Waals surface area (Å²) in [5.74, 6) is 0.947. The molecule has 0 atom stereocenters. The van der Waals surface area contributed by atoms with Gasteiger partial charge in [0.2, 0.25) is 0 Å². The van der Waals surface area contributed by atoms with Crippen LogP contribution in [0.25, 0.3) is 21.8 Å². The largest absolute Gasteiger partial charge is 0.494 e. The van der Waals surface area contributed by atoms with Crippen molar-refractivity contribution in [3.8, 4) is 27.6 Å². The minimum Gasteiger partial charge on any atom is -0.494 e. The summed E-state index contributed by atoms with van der Waals surface area (Å²) in [5, 5.41) is 3.24. The Morgan fingerprint density at radius 3 is 1.91 bits per heavy atom. The Kier molecular flexibility index (Phi) is 12.2.